The van der Waals surface area contributed by atoms with Gasteiger partial charge in [0.05, 0.1) is 13.2 Å². The SMILES string of the molecule is C[C@@H](C(=O)N1CCO[C@H](c2ccccc2)C1)n1cnnn1. The first kappa shape index (κ1) is 13.7. The summed E-state index contributed by atoms with van der Waals surface area (Å²) in [7, 11) is 0. The molecule has 0 unspecified atom stereocenters. The van der Waals surface area contributed by atoms with E-state index >= 15 is 0 Å². The zero-order valence-electron chi connectivity index (χ0n) is 11.8. The number of carbonyl (C=O) groups excluding carboxylic acids is 1. The number of nitrogens with zero attached hydrogens (tertiary/aromatic N) is 5. The largest absolute Gasteiger partial charge is 0.370 e. The molecule has 21 heavy (non-hydrogen) atoms. The lowest BCUT2D eigenvalue weighted by Crippen LogP contribution is -2.45. The molecule has 1 aromatic carbocycles. The van der Waals surface area contributed by atoms with Gasteiger partial charge in [-0.25, -0.2) is 4.68 Å². The van der Waals surface area contributed by atoms with Crippen molar-refractivity contribution >= 4 is 5.91 Å². The maximum Gasteiger partial charge on any atom is 0.247 e. The fourth-order valence-corrected chi connectivity index (χ4v) is 2.44. The summed E-state index contributed by atoms with van der Waals surface area (Å²) in [5.74, 6) is 0.00605. The van der Waals surface area contributed by atoms with Gasteiger partial charge in [-0.3, -0.25) is 4.79 Å². The lowest BCUT2D eigenvalue weighted by molar-refractivity contribution is -0.142. The van der Waals surface area contributed by atoms with E-state index in [0.717, 1.165) is 5.56 Å². The molecular weight excluding hydrogens is 270 g/mol. The second-order valence-corrected chi connectivity index (χ2v) is 5.02. The minimum Gasteiger partial charge on any atom is -0.370 e. The van der Waals surface area contributed by atoms with E-state index in [1.54, 1.807) is 6.92 Å². The van der Waals surface area contributed by atoms with Crippen molar-refractivity contribution in [2.75, 3.05) is 19.7 Å². The molecule has 1 fully saturated rings. The molecule has 110 valence electrons. The molecule has 2 heterocycles. The summed E-state index contributed by atoms with van der Waals surface area (Å²) < 4.78 is 7.24. The molecule has 0 aliphatic carbocycles. The summed E-state index contributed by atoms with van der Waals surface area (Å²) in [5, 5.41) is 10.9. The van der Waals surface area contributed by atoms with Gasteiger partial charge in [0, 0.05) is 6.54 Å². The maximum atomic E-state index is 12.5. The maximum absolute atomic E-state index is 12.5. The zero-order valence-corrected chi connectivity index (χ0v) is 11.8. The lowest BCUT2D eigenvalue weighted by Gasteiger charge is -2.34. The highest BCUT2D eigenvalue weighted by Gasteiger charge is 2.29. The Morgan fingerprint density at radius 1 is 1.38 bits per heavy atom. The van der Waals surface area contributed by atoms with E-state index < -0.39 is 6.04 Å². The second kappa shape index (κ2) is 6.01. The Bertz CT molecular complexity index is 587. The van der Waals surface area contributed by atoms with Gasteiger partial charge in [0.15, 0.2) is 0 Å². The van der Waals surface area contributed by atoms with Crippen molar-refractivity contribution in [2.45, 2.75) is 19.1 Å². The van der Waals surface area contributed by atoms with E-state index in [1.165, 1.54) is 11.0 Å². The number of hydrogen-bond donors (Lipinski definition) is 0. The number of rotatable bonds is 3. The van der Waals surface area contributed by atoms with Crippen LogP contribution in [0, 0.1) is 0 Å². The van der Waals surface area contributed by atoms with Crippen LogP contribution in [0.1, 0.15) is 24.6 Å². The molecule has 0 spiro atoms. The summed E-state index contributed by atoms with van der Waals surface area (Å²) in [6.45, 7) is 3.48. The highest BCUT2D eigenvalue weighted by atomic mass is 16.5. The van der Waals surface area contributed by atoms with Crippen LogP contribution in [-0.4, -0.2) is 50.7 Å². The highest BCUT2D eigenvalue weighted by Crippen LogP contribution is 2.23. The van der Waals surface area contributed by atoms with Gasteiger partial charge in [-0.15, -0.1) is 5.10 Å². The third-order valence-electron chi connectivity index (χ3n) is 3.67. The van der Waals surface area contributed by atoms with Gasteiger partial charge in [-0.2, -0.15) is 0 Å². The second-order valence-electron chi connectivity index (χ2n) is 5.02. The van der Waals surface area contributed by atoms with Crippen molar-refractivity contribution in [2.24, 2.45) is 0 Å². The zero-order chi connectivity index (χ0) is 14.7. The number of ether oxygens (including phenoxy) is 1. The Morgan fingerprint density at radius 3 is 2.90 bits per heavy atom. The summed E-state index contributed by atoms with van der Waals surface area (Å²) in [4.78, 5) is 14.3. The quantitative estimate of drug-likeness (QED) is 0.836. The molecule has 1 aliphatic heterocycles. The summed E-state index contributed by atoms with van der Waals surface area (Å²) in [6, 6.07) is 9.54. The number of morpholine rings is 1. The van der Waals surface area contributed by atoms with Crippen LogP contribution in [0.25, 0.3) is 0 Å². The van der Waals surface area contributed by atoms with E-state index in [2.05, 4.69) is 15.5 Å². The average molecular weight is 287 g/mol. The van der Waals surface area contributed by atoms with Gasteiger partial charge in [0.2, 0.25) is 5.91 Å². The van der Waals surface area contributed by atoms with Gasteiger partial charge in [-0.05, 0) is 22.9 Å². The molecule has 1 saturated heterocycles. The van der Waals surface area contributed by atoms with Crippen molar-refractivity contribution in [1.82, 2.24) is 25.1 Å². The average Bonchev–Trinajstić information content (AvgIpc) is 3.09. The van der Waals surface area contributed by atoms with Crippen LogP contribution in [0.15, 0.2) is 36.7 Å². The third-order valence-corrected chi connectivity index (χ3v) is 3.67. The van der Waals surface area contributed by atoms with E-state index in [1.807, 2.05) is 35.2 Å². The van der Waals surface area contributed by atoms with Gasteiger partial charge in [-0.1, -0.05) is 30.3 Å². The van der Waals surface area contributed by atoms with Crippen LogP contribution in [0.2, 0.25) is 0 Å². The van der Waals surface area contributed by atoms with Crippen LogP contribution in [0.3, 0.4) is 0 Å². The molecule has 0 bridgehead atoms. The number of aromatic nitrogens is 4. The van der Waals surface area contributed by atoms with E-state index in [0.29, 0.717) is 19.7 Å². The fraction of sp³-hybridized carbons (Fsp3) is 0.429. The number of amides is 1. The summed E-state index contributed by atoms with van der Waals surface area (Å²) in [6.07, 6.45) is 1.38. The highest BCUT2D eigenvalue weighted by molar-refractivity contribution is 5.80. The molecule has 0 N–H and O–H groups in total. The standard InChI is InChI=1S/C14H17N5O2/c1-11(19-10-15-16-17-19)14(20)18-7-8-21-13(9-18)12-5-3-2-4-6-12/h2-6,10-11,13H,7-9H2,1H3/t11-,13-/m0/s1. The van der Waals surface area contributed by atoms with Gasteiger partial charge in [0.1, 0.15) is 18.5 Å². The minimum atomic E-state index is -0.408. The molecule has 0 radical (unpaired) electrons. The van der Waals surface area contributed by atoms with Gasteiger partial charge >= 0.3 is 0 Å². The first-order chi connectivity index (χ1) is 10.3. The normalized spacial score (nSPS) is 20.2. The molecule has 3 rings (SSSR count). The molecule has 7 heteroatoms. The van der Waals surface area contributed by atoms with Crippen LogP contribution >= 0.6 is 0 Å². The van der Waals surface area contributed by atoms with E-state index in [-0.39, 0.29) is 12.0 Å². The smallest absolute Gasteiger partial charge is 0.247 e. The predicted molar refractivity (Wildman–Crippen MR) is 74.2 cm³/mol. The van der Waals surface area contributed by atoms with Crippen LogP contribution < -0.4 is 0 Å². The Balaban J connectivity index is 1.70. The molecule has 2 aromatic rings. The monoisotopic (exact) mass is 287 g/mol. The van der Waals surface area contributed by atoms with Crippen molar-refractivity contribution in [1.29, 1.82) is 0 Å². The Hall–Kier alpha value is -2.28. The number of tetrazole rings is 1. The molecular formula is C14H17N5O2. The Kier molecular flexibility index (Phi) is 3.92. The van der Waals surface area contributed by atoms with Crippen molar-refractivity contribution in [3.63, 3.8) is 0 Å². The Morgan fingerprint density at radius 2 is 2.19 bits per heavy atom. The van der Waals surface area contributed by atoms with Crippen molar-refractivity contribution < 1.29 is 9.53 Å². The molecule has 1 amide bonds. The number of carbonyl (C=O) groups is 1. The first-order valence-electron chi connectivity index (χ1n) is 6.93. The van der Waals surface area contributed by atoms with Gasteiger partial charge in [0.25, 0.3) is 0 Å². The predicted octanol–water partition coefficient (Wildman–Crippen LogP) is 0.834. The van der Waals surface area contributed by atoms with Gasteiger partial charge < -0.3 is 9.64 Å². The lowest BCUT2D eigenvalue weighted by atomic mass is 10.1. The first-order valence-corrected chi connectivity index (χ1v) is 6.93. The Labute approximate surface area is 122 Å². The fourth-order valence-electron chi connectivity index (χ4n) is 2.44. The van der Waals surface area contributed by atoms with Crippen molar-refractivity contribution in [3.8, 4) is 0 Å². The number of benzene rings is 1. The van der Waals surface area contributed by atoms with Crippen LogP contribution in [-0.2, 0) is 9.53 Å². The minimum absolute atomic E-state index is 0.00605. The summed E-state index contributed by atoms with van der Waals surface area (Å²) >= 11 is 0. The molecule has 0 saturated carbocycles. The van der Waals surface area contributed by atoms with Crippen molar-refractivity contribution in [3.05, 3.63) is 42.2 Å². The topological polar surface area (TPSA) is 73.1 Å². The van der Waals surface area contributed by atoms with Crippen LogP contribution in [0.4, 0.5) is 0 Å². The van der Waals surface area contributed by atoms with Crippen LogP contribution in [0.5, 0.6) is 0 Å². The van der Waals surface area contributed by atoms with E-state index in [4.69, 9.17) is 4.74 Å². The van der Waals surface area contributed by atoms with E-state index in [9.17, 15) is 4.79 Å². The summed E-state index contributed by atoms with van der Waals surface area (Å²) in [5.41, 5.74) is 1.09. The molecule has 1 aliphatic rings. The molecule has 1 aromatic heterocycles. The third kappa shape index (κ3) is 2.92. The molecule has 7 nitrogen and oxygen atoms in total. The molecule has 2 atom stereocenters. The number of hydrogen-bond acceptors (Lipinski definition) is 5.